The van der Waals surface area contributed by atoms with Crippen molar-refractivity contribution in [3.63, 3.8) is 0 Å². The number of hydrogen-bond donors (Lipinski definition) is 3. The van der Waals surface area contributed by atoms with Crippen LogP contribution >= 0.6 is 0 Å². The van der Waals surface area contributed by atoms with Gasteiger partial charge in [0.2, 0.25) is 15.9 Å². The van der Waals surface area contributed by atoms with E-state index in [0.717, 1.165) is 16.7 Å². The zero-order chi connectivity index (χ0) is 24.7. The van der Waals surface area contributed by atoms with Crippen LogP contribution in [-0.2, 0) is 21.2 Å². The molecule has 0 saturated carbocycles. The van der Waals surface area contributed by atoms with Crippen molar-refractivity contribution in [1.29, 1.82) is 5.26 Å². The van der Waals surface area contributed by atoms with E-state index in [0.29, 0.717) is 16.7 Å². The number of rotatable bonds is 9. The summed E-state index contributed by atoms with van der Waals surface area (Å²) in [5.74, 6) is 4.40. The molecule has 9 heteroatoms. The van der Waals surface area contributed by atoms with Gasteiger partial charge in [0, 0.05) is 0 Å². The zero-order valence-corrected chi connectivity index (χ0v) is 19.4. The molecular formula is C25H25N5O3S. The number of nitrogens with one attached hydrogen (secondary N) is 1. The van der Waals surface area contributed by atoms with Crippen molar-refractivity contribution in [2.75, 3.05) is 0 Å². The van der Waals surface area contributed by atoms with Gasteiger partial charge in [-0.3, -0.25) is 4.79 Å². The van der Waals surface area contributed by atoms with Gasteiger partial charge >= 0.3 is 0 Å². The molecule has 0 heterocycles. The third-order valence-electron chi connectivity index (χ3n) is 5.47. The van der Waals surface area contributed by atoms with Crippen molar-refractivity contribution in [1.82, 2.24) is 4.72 Å². The topological polar surface area (TPSA) is 151 Å². The molecule has 0 fully saturated rings. The molecule has 3 rings (SSSR count). The fourth-order valence-electron chi connectivity index (χ4n) is 3.57. The molecule has 0 saturated heterocycles. The van der Waals surface area contributed by atoms with Crippen molar-refractivity contribution in [3.05, 3.63) is 95.1 Å². The summed E-state index contributed by atoms with van der Waals surface area (Å²) >= 11 is 0. The Bertz CT molecular complexity index is 1350. The summed E-state index contributed by atoms with van der Waals surface area (Å²) < 4.78 is 28.6. The Morgan fingerprint density at radius 3 is 2.47 bits per heavy atom. The van der Waals surface area contributed by atoms with Gasteiger partial charge in [-0.05, 0) is 47.2 Å². The molecule has 0 aliphatic heterocycles. The number of benzene rings is 3. The quantitative estimate of drug-likeness (QED) is 0.247. The Labute approximate surface area is 199 Å². The van der Waals surface area contributed by atoms with Gasteiger partial charge in [0.05, 0.1) is 23.1 Å². The van der Waals surface area contributed by atoms with Crippen molar-refractivity contribution in [2.45, 2.75) is 24.6 Å². The van der Waals surface area contributed by atoms with Crippen LogP contribution in [0.3, 0.4) is 0 Å². The minimum absolute atomic E-state index is 0.0808. The Hall–Kier alpha value is -4.00. The summed E-state index contributed by atoms with van der Waals surface area (Å²) in [6.07, 6.45) is 1.53. The third-order valence-corrected chi connectivity index (χ3v) is 7.28. The Morgan fingerprint density at radius 2 is 1.82 bits per heavy atom. The number of hydrogen-bond acceptors (Lipinski definition) is 6. The fourth-order valence-corrected chi connectivity index (χ4v) is 4.88. The molecule has 2 unspecified atom stereocenters. The molecule has 0 aliphatic rings. The van der Waals surface area contributed by atoms with Crippen LogP contribution < -0.4 is 16.3 Å². The number of nitrogens with two attached hydrogens (primary N) is 2. The van der Waals surface area contributed by atoms with E-state index in [1.807, 2.05) is 12.1 Å². The number of sulfonamides is 1. The van der Waals surface area contributed by atoms with E-state index >= 15 is 0 Å². The third kappa shape index (κ3) is 5.86. The second kappa shape index (κ2) is 10.7. The smallest absolute Gasteiger partial charge is 0.235 e. The SMILES string of the molecule is CC(c1ccc(-c2ccccc2C#N)cc1)S(=O)(=O)NC(Cc1cccc(/C=N\N)c1)C(N)=O. The molecule has 0 radical (unpaired) electrons. The van der Waals surface area contributed by atoms with Crippen molar-refractivity contribution < 1.29 is 13.2 Å². The van der Waals surface area contributed by atoms with Crippen molar-refractivity contribution in [2.24, 2.45) is 16.7 Å². The molecule has 3 aromatic carbocycles. The molecule has 174 valence electrons. The average molecular weight is 476 g/mol. The highest BCUT2D eigenvalue weighted by Crippen LogP contribution is 2.27. The second-order valence-electron chi connectivity index (χ2n) is 7.77. The summed E-state index contributed by atoms with van der Waals surface area (Å²) in [6, 6.07) is 22.2. The number of nitriles is 1. The van der Waals surface area contributed by atoms with E-state index in [1.165, 1.54) is 13.1 Å². The lowest BCUT2D eigenvalue weighted by Crippen LogP contribution is -2.46. The highest BCUT2D eigenvalue weighted by atomic mass is 32.2. The normalized spacial score (nSPS) is 13.3. The van der Waals surface area contributed by atoms with E-state index in [9.17, 15) is 18.5 Å². The number of hydrazone groups is 1. The lowest BCUT2D eigenvalue weighted by Gasteiger charge is -2.20. The standard InChI is InChI=1S/C25H25N5O3S/c1-17(20-9-11-21(12-10-20)23-8-3-2-7-22(23)15-26)34(32,33)30-24(25(27)31)14-18-5-4-6-19(13-18)16-29-28/h2-13,16-17,24,30H,14,28H2,1H3,(H2,27,31)/b29-16-. The largest absolute Gasteiger partial charge is 0.368 e. The van der Waals surface area contributed by atoms with Crippen molar-refractivity contribution >= 4 is 22.1 Å². The Kier molecular flexibility index (Phi) is 7.79. The maximum atomic E-state index is 13.1. The van der Waals surface area contributed by atoms with Gasteiger partial charge in [-0.2, -0.15) is 10.4 Å². The zero-order valence-electron chi connectivity index (χ0n) is 18.5. The summed E-state index contributed by atoms with van der Waals surface area (Å²) in [6.45, 7) is 1.54. The predicted molar refractivity (Wildman–Crippen MR) is 132 cm³/mol. The van der Waals surface area contributed by atoms with E-state index in [2.05, 4.69) is 15.9 Å². The van der Waals surface area contributed by atoms with E-state index in [1.54, 1.807) is 60.7 Å². The first kappa shape index (κ1) is 24.6. The monoisotopic (exact) mass is 475 g/mol. The van der Waals surface area contributed by atoms with Crippen molar-refractivity contribution in [3.8, 4) is 17.2 Å². The van der Waals surface area contributed by atoms with Crippen LogP contribution in [0, 0.1) is 11.3 Å². The summed E-state index contributed by atoms with van der Waals surface area (Å²) in [4.78, 5) is 12.0. The van der Waals surface area contributed by atoms with E-state index in [4.69, 9.17) is 11.6 Å². The van der Waals surface area contributed by atoms with Crippen LogP contribution in [-0.4, -0.2) is 26.6 Å². The Balaban J connectivity index is 1.79. The molecule has 3 aromatic rings. The number of nitrogens with zero attached hydrogens (tertiary/aromatic N) is 2. The van der Waals surface area contributed by atoms with Crippen LogP contribution in [0.25, 0.3) is 11.1 Å². The molecule has 1 amide bonds. The van der Waals surface area contributed by atoms with Gasteiger partial charge in [-0.15, -0.1) is 0 Å². The van der Waals surface area contributed by atoms with E-state index in [-0.39, 0.29) is 6.42 Å². The maximum Gasteiger partial charge on any atom is 0.235 e. The summed E-state index contributed by atoms with van der Waals surface area (Å²) in [7, 11) is -3.94. The number of primary amides is 1. The minimum Gasteiger partial charge on any atom is -0.368 e. The highest BCUT2D eigenvalue weighted by molar-refractivity contribution is 7.89. The summed E-state index contributed by atoms with van der Waals surface area (Å²) in [5, 5.41) is 11.8. The van der Waals surface area contributed by atoms with Crippen LogP contribution in [0.2, 0.25) is 0 Å². The Morgan fingerprint density at radius 1 is 1.12 bits per heavy atom. The lowest BCUT2D eigenvalue weighted by molar-refractivity contribution is -0.119. The lowest BCUT2D eigenvalue weighted by atomic mass is 9.99. The van der Waals surface area contributed by atoms with Crippen LogP contribution in [0.15, 0.2) is 77.9 Å². The molecule has 0 aromatic heterocycles. The second-order valence-corrected chi connectivity index (χ2v) is 9.80. The van der Waals surface area contributed by atoms with Gasteiger partial charge in [-0.25, -0.2) is 13.1 Å². The van der Waals surface area contributed by atoms with Crippen LogP contribution in [0.5, 0.6) is 0 Å². The molecule has 0 bridgehead atoms. The molecule has 34 heavy (non-hydrogen) atoms. The number of amides is 1. The predicted octanol–water partition coefficient (Wildman–Crippen LogP) is 2.59. The average Bonchev–Trinajstić information content (AvgIpc) is 2.83. The highest BCUT2D eigenvalue weighted by Gasteiger charge is 2.28. The first-order chi connectivity index (χ1) is 16.2. The molecule has 8 nitrogen and oxygen atoms in total. The summed E-state index contributed by atoms with van der Waals surface area (Å²) in [5.41, 5.74) is 9.56. The first-order valence-corrected chi connectivity index (χ1v) is 12.0. The van der Waals surface area contributed by atoms with Gasteiger partial charge in [0.1, 0.15) is 6.04 Å². The van der Waals surface area contributed by atoms with Gasteiger partial charge in [0.15, 0.2) is 0 Å². The van der Waals surface area contributed by atoms with E-state index < -0.39 is 27.2 Å². The minimum atomic E-state index is -3.94. The molecular weight excluding hydrogens is 450 g/mol. The van der Waals surface area contributed by atoms with Crippen LogP contribution in [0.4, 0.5) is 0 Å². The van der Waals surface area contributed by atoms with Crippen LogP contribution in [0.1, 0.15) is 34.4 Å². The number of carbonyl (C=O) groups excluding carboxylic acids is 1. The number of carbonyl (C=O) groups is 1. The molecule has 0 aliphatic carbocycles. The fraction of sp³-hybridized carbons (Fsp3) is 0.160. The first-order valence-electron chi connectivity index (χ1n) is 10.5. The maximum absolute atomic E-state index is 13.1. The molecule has 0 spiro atoms. The van der Waals surface area contributed by atoms with Gasteiger partial charge in [0.25, 0.3) is 0 Å². The molecule has 2 atom stereocenters. The van der Waals surface area contributed by atoms with Gasteiger partial charge in [-0.1, -0.05) is 66.7 Å². The van der Waals surface area contributed by atoms with Gasteiger partial charge < -0.3 is 11.6 Å². The molecule has 5 N–H and O–H groups in total.